The Morgan fingerprint density at radius 2 is 1.39 bits per heavy atom. The maximum Gasteiger partial charge on any atom is 0.341 e. The number of hydrogen-bond acceptors (Lipinski definition) is 7. The number of carbonyl (C=O) groups excluding carboxylic acids is 4. The third kappa shape index (κ3) is 4.22. The average molecular weight is 506 g/mol. The molecule has 0 saturated heterocycles. The number of nitro groups is 1. The molecule has 2 amide bonds. The maximum atomic E-state index is 13.5. The van der Waals surface area contributed by atoms with E-state index in [2.05, 4.69) is 0 Å². The van der Waals surface area contributed by atoms with Gasteiger partial charge in [0.2, 0.25) is 5.78 Å². The minimum Gasteiger partial charge on any atom is -0.445 e. The van der Waals surface area contributed by atoms with E-state index in [-0.39, 0.29) is 22.4 Å². The highest BCUT2D eigenvalue weighted by molar-refractivity contribution is 6.36. The van der Waals surface area contributed by atoms with Gasteiger partial charge in [-0.25, -0.2) is 9.69 Å². The lowest BCUT2D eigenvalue weighted by Gasteiger charge is -2.21. The van der Waals surface area contributed by atoms with Crippen molar-refractivity contribution < 1.29 is 28.8 Å². The maximum absolute atomic E-state index is 13.5. The van der Waals surface area contributed by atoms with Crippen LogP contribution in [0.4, 0.5) is 11.4 Å². The molecule has 0 saturated carbocycles. The number of nitrogens with zero attached hydrogens (tertiary/aromatic N) is 2. The van der Waals surface area contributed by atoms with E-state index in [1.807, 2.05) is 0 Å². The Morgan fingerprint density at radius 1 is 0.763 bits per heavy atom. The molecule has 1 aliphatic heterocycles. The molecule has 0 unspecified atom stereocenters. The Labute approximate surface area is 216 Å². The normalized spacial score (nSPS) is 13.1. The van der Waals surface area contributed by atoms with Crippen LogP contribution in [0.2, 0.25) is 0 Å². The third-order valence-electron chi connectivity index (χ3n) is 6.08. The molecule has 186 valence electrons. The fourth-order valence-corrected chi connectivity index (χ4v) is 4.30. The van der Waals surface area contributed by atoms with Crippen molar-refractivity contribution in [2.24, 2.45) is 0 Å². The van der Waals surface area contributed by atoms with E-state index in [1.54, 1.807) is 60.7 Å². The Morgan fingerprint density at radius 3 is 2.08 bits per heavy atom. The molecule has 0 bridgehead atoms. The molecule has 0 N–H and O–H groups in total. The number of hydrogen-bond donors (Lipinski definition) is 0. The van der Waals surface area contributed by atoms with Gasteiger partial charge in [-0.1, -0.05) is 78.9 Å². The summed E-state index contributed by atoms with van der Waals surface area (Å²) in [6, 6.07) is 26.3. The first-order valence-electron chi connectivity index (χ1n) is 11.5. The highest BCUT2D eigenvalue weighted by Crippen LogP contribution is 2.36. The molecule has 4 aromatic rings. The number of amides is 2. The van der Waals surface area contributed by atoms with E-state index in [0.717, 1.165) is 6.07 Å². The van der Waals surface area contributed by atoms with Crippen LogP contribution in [0.3, 0.4) is 0 Å². The number of carbonyl (C=O) groups is 4. The summed E-state index contributed by atoms with van der Waals surface area (Å²) in [5.41, 5.74) is -0.524. The molecule has 1 aliphatic rings. The number of nitro benzene ring substituents is 1. The van der Waals surface area contributed by atoms with Crippen molar-refractivity contribution in [2.45, 2.75) is 6.10 Å². The number of fused-ring (bicyclic) bond motifs is 1. The predicted molar refractivity (Wildman–Crippen MR) is 136 cm³/mol. The van der Waals surface area contributed by atoms with Gasteiger partial charge in [0, 0.05) is 17.2 Å². The van der Waals surface area contributed by atoms with E-state index >= 15 is 0 Å². The summed E-state index contributed by atoms with van der Waals surface area (Å²) in [5.74, 6) is -3.16. The molecule has 0 spiro atoms. The molecule has 1 atom stereocenters. The van der Waals surface area contributed by atoms with Crippen molar-refractivity contribution >= 4 is 34.9 Å². The topological polar surface area (TPSA) is 124 Å². The Balaban J connectivity index is 1.53. The van der Waals surface area contributed by atoms with Crippen LogP contribution in [0.15, 0.2) is 103 Å². The second-order valence-electron chi connectivity index (χ2n) is 8.35. The zero-order valence-corrected chi connectivity index (χ0v) is 19.6. The summed E-state index contributed by atoms with van der Waals surface area (Å²) in [4.78, 5) is 64.7. The van der Waals surface area contributed by atoms with Gasteiger partial charge in [0.1, 0.15) is 5.56 Å². The van der Waals surface area contributed by atoms with Crippen molar-refractivity contribution in [3.05, 3.63) is 141 Å². The highest BCUT2D eigenvalue weighted by Gasteiger charge is 2.43. The van der Waals surface area contributed by atoms with Crippen molar-refractivity contribution in [1.29, 1.82) is 0 Å². The van der Waals surface area contributed by atoms with E-state index in [0.29, 0.717) is 16.0 Å². The van der Waals surface area contributed by atoms with Crippen LogP contribution in [-0.4, -0.2) is 28.5 Å². The largest absolute Gasteiger partial charge is 0.445 e. The van der Waals surface area contributed by atoms with Gasteiger partial charge in [-0.15, -0.1) is 0 Å². The minimum absolute atomic E-state index is 0.114. The number of para-hydroxylation sites is 1. The Bertz CT molecular complexity index is 1600. The molecule has 0 radical (unpaired) electrons. The van der Waals surface area contributed by atoms with Crippen molar-refractivity contribution in [3.8, 4) is 0 Å². The van der Waals surface area contributed by atoms with E-state index in [4.69, 9.17) is 4.74 Å². The van der Waals surface area contributed by atoms with Crippen LogP contribution in [0.25, 0.3) is 0 Å². The zero-order valence-electron chi connectivity index (χ0n) is 19.6. The fraction of sp³-hybridized carbons (Fsp3) is 0.0345. The van der Waals surface area contributed by atoms with Gasteiger partial charge < -0.3 is 4.74 Å². The quantitative estimate of drug-likeness (QED) is 0.111. The van der Waals surface area contributed by atoms with Gasteiger partial charge in [0.25, 0.3) is 17.5 Å². The molecule has 1 heterocycles. The molecule has 9 heteroatoms. The number of ketones is 1. The highest BCUT2D eigenvalue weighted by atomic mass is 16.6. The Hall–Kier alpha value is -5.44. The first-order valence-corrected chi connectivity index (χ1v) is 11.5. The van der Waals surface area contributed by atoms with Crippen LogP contribution in [0.1, 0.15) is 53.1 Å². The summed E-state index contributed by atoms with van der Waals surface area (Å²) >= 11 is 0. The number of anilines is 1. The van der Waals surface area contributed by atoms with Crippen LogP contribution in [0, 0.1) is 10.1 Å². The second kappa shape index (κ2) is 9.90. The van der Waals surface area contributed by atoms with Gasteiger partial charge in [0.05, 0.1) is 21.7 Å². The molecule has 38 heavy (non-hydrogen) atoms. The molecule has 9 nitrogen and oxygen atoms in total. The lowest BCUT2D eigenvalue weighted by molar-refractivity contribution is -0.385. The number of rotatable bonds is 7. The lowest BCUT2D eigenvalue weighted by Crippen LogP contribution is -2.31. The van der Waals surface area contributed by atoms with Crippen molar-refractivity contribution in [3.63, 3.8) is 0 Å². The van der Waals surface area contributed by atoms with Gasteiger partial charge in [-0.2, -0.15) is 0 Å². The molecular formula is C29H18N2O7. The fourth-order valence-electron chi connectivity index (χ4n) is 4.30. The standard InChI is InChI=1S/C29H18N2O7/c32-25(18-10-3-1-4-11-18)26(19-12-5-2-6-13-19)38-29(35)20-14-7-8-16-22(20)30-27(33)21-15-9-17-23(31(36)37)24(21)28(30)34/h1-17,26H/t26-/m1/s1. The smallest absolute Gasteiger partial charge is 0.341 e. The van der Waals surface area contributed by atoms with Crippen LogP contribution >= 0.6 is 0 Å². The van der Waals surface area contributed by atoms with Gasteiger partial charge in [-0.05, 0) is 18.2 Å². The summed E-state index contributed by atoms with van der Waals surface area (Å²) in [7, 11) is 0. The number of esters is 1. The first kappa shape index (κ1) is 24.3. The van der Waals surface area contributed by atoms with Gasteiger partial charge in [-0.3, -0.25) is 24.5 Å². The van der Waals surface area contributed by atoms with Crippen LogP contribution in [0.5, 0.6) is 0 Å². The van der Waals surface area contributed by atoms with Crippen LogP contribution in [-0.2, 0) is 4.74 Å². The van der Waals surface area contributed by atoms with E-state index in [9.17, 15) is 29.3 Å². The third-order valence-corrected chi connectivity index (χ3v) is 6.08. The molecule has 5 rings (SSSR count). The summed E-state index contributed by atoms with van der Waals surface area (Å²) in [5, 5.41) is 11.5. The van der Waals surface area contributed by atoms with E-state index < -0.39 is 40.3 Å². The average Bonchev–Trinajstić information content (AvgIpc) is 3.21. The predicted octanol–water partition coefficient (Wildman–Crippen LogP) is 5.18. The van der Waals surface area contributed by atoms with Crippen molar-refractivity contribution in [1.82, 2.24) is 0 Å². The second-order valence-corrected chi connectivity index (χ2v) is 8.35. The molecule has 4 aromatic carbocycles. The van der Waals surface area contributed by atoms with Crippen molar-refractivity contribution in [2.75, 3.05) is 4.90 Å². The number of Topliss-reactive ketones (excluding diaryl/α,β-unsaturated/α-hetero) is 1. The monoisotopic (exact) mass is 506 g/mol. The summed E-state index contributed by atoms with van der Waals surface area (Å²) < 4.78 is 5.70. The van der Waals surface area contributed by atoms with Gasteiger partial charge in [0.15, 0.2) is 6.10 Å². The number of ether oxygens (including phenoxy) is 1. The summed E-state index contributed by atoms with van der Waals surface area (Å²) in [6.45, 7) is 0. The van der Waals surface area contributed by atoms with Crippen LogP contribution < -0.4 is 4.90 Å². The lowest BCUT2D eigenvalue weighted by atomic mass is 9.99. The van der Waals surface area contributed by atoms with E-state index in [1.165, 1.54) is 36.4 Å². The first-order chi connectivity index (χ1) is 18.4. The number of benzene rings is 4. The minimum atomic E-state index is -1.30. The molecule has 0 aliphatic carbocycles. The number of imide groups is 1. The molecule has 0 aromatic heterocycles. The SMILES string of the molecule is O=C(O[C@@H](C(=O)c1ccccc1)c1ccccc1)c1ccccc1N1C(=O)c2cccc([N+](=O)[O-])c2C1=O. The Kier molecular flexibility index (Phi) is 6.32. The molecule has 0 fully saturated rings. The zero-order chi connectivity index (χ0) is 26.8. The summed E-state index contributed by atoms with van der Waals surface area (Å²) in [6.07, 6.45) is -1.30. The van der Waals surface area contributed by atoms with Gasteiger partial charge >= 0.3 is 5.97 Å². The molecular weight excluding hydrogens is 488 g/mol.